The molecule has 0 atom stereocenters. The van der Waals surface area contributed by atoms with Gasteiger partial charge in [-0.2, -0.15) is 0 Å². The fourth-order valence-corrected chi connectivity index (χ4v) is 2.32. The maximum atomic E-state index is 12.4. The minimum absolute atomic E-state index is 0.0482. The van der Waals surface area contributed by atoms with E-state index in [0.717, 1.165) is 5.56 Å². The topological polar surface area (TPSA) is 67.8 Å². The number of ether oxygens (including phenoxy) is 1. The van der Waals surface area contributed by atoms with Crippen LogP contribution in [0.4, 0.5) is 10.5 Å². The van der Waals surface area contributed by atoms with Crippen molar-refractivity contribution in [3.63, 3.8) is 0 Å². The Kier molecular flexibility index (Phi) is 3.70. The molecule has 0 unspecified atom stereocenters. The van der Waals surface area contributed by atoms with E-state index in [1.54, 1.807) is 24.3 Å². The van der Waals surface area contributed by atoms with E-state index in [0.29, 0.717) is 29.1 Å². The quantitative estimate of drug-likeness (QED) is 0.866. The van der Waals surface area contributed by atoms with Gasteiger partial charge in [-0.05, 0) is 11.6 Å². The van der Waals surface area contributed by atoms with Crippen molar-refractivity contribution in [2.24, 2.45) is 4.99 Å². The highest BCUT2D eigenvalue weighted by Crippen LogP contribution is 2.28. The van der Waals surface area contributed by atoms with Crippen LogP contribution in [0.25, 0.3) is 0 Å². The molecule has 0 fully saturated rings. The molecular weight excluding hydrogens is 280 g/mol. The number of benzene rings is 2. The Morgan fingerprint density at radius 2 is 1.86 bits per heavy atom. The first-order chi connectivity index (χ1) is 10.7. The number of ketones is 1. The second kappa shape index (κ2) is 5.81. The zero-order valence-corrected chi connectivity index (χ0v) is 12.0. The van der Waals surface area contributed by atoms with Crippen LogP contribution in [0.2, 0.25) is 0 Å². The van der Waals surface area contributed by atoms with Gasteiger partial charge in [0.05, 0.1) is 12.8 Å². The second-order valence-corrected chi connectivity index (χ2v) is 4.89. The SMILES string of the molecule is COC(=O)NC1=Nc2cc(C(=O)c3ccccc3)ccc2C1. The van der Waals surface area contributed by atoms with Gasteiger partial charge in [0.15, 0.2) is 5.78 Å². The highest BCUT2D eigenvalue weighted by atomic mass is 16.5. The van der Waals surface area contributed by atoms with Gasteiger partial charge in [0.25, 0.3) is 0 Å². The molecule has 1 N–H and O–H groups in total. The van der Waals surface area contributed by atoms with Crippen LogP contribution in [0.3, 0.4) is 0 Å². The highest BCUT2D eigenvalue weighted by Gasteiger charge is 2.19. The average molecular weight is 294 g/mol. The van der Waals surface area contributed by atoms with Crippen LogP contribution in [0.15, 0.2) is 53.5 Å². The zero-order valence-electron chi connectivity index (χ0n) is 12.0. The van der Waals surface area contributed by atoms with E-state index in [2.05, 4.69) is 15.0 Å². The summed E-state index contributed by atoms with van der Waals surface area (Å²) in [6.07, 6.45) is -0.0308. The van der Waals surface area contributed by atoms with E-state index < -0.39 is 6.09 Å². The smallest absolute Gasteiger partial charge is 0.412 e. The summed E-state index contributed by atoms with van der Waals surface area (Å²) in [5, 5.41) is 2.56. The Hall–Kier alpha value is -2.95. The third-order valence-corrected chi connectivity index (χ3v) is 3.43. The predicted octanol–water partition coefficient (Wildman–Crippen LogP) is 2.86. The van der Waals surface area contributed by atoms with E-state index in [-0.39, 0.29) is 5.78 Å². The number of nitrogens with zero attached hydrogens (tertiary/aromatic N) is 1. The highest BCUT2D eigenvalue weighted by molar-refractivity contribution is 6.10. The molecule has 1 heterocycles. The van der Waals surface area contributed by atoms with Gasteiger partial charge in [-0.15, -0.1) is 0 Å². The van der Waals surface area contributed by atoms with Gasteiger partial charge in [0, 0.05) is 17.5 Å². The number of fused-ring (bicyclic) bond motifs is 1. The maximum absolute atomic E-state index is 12.4. The summed E-state index contributed by atoms with van der Waals surface area (Å²) in [7, 11) is 1.30. The van der Waals surface area contributed by atoms with E-state index in [1.807, 2.05) is 24.3 Å². The van der Waals surface area contributed by atoms with Crippen LogP contribution in [0, 0.1) is 0 Å². The summed E-state index contributed by atoms with van der Waals surface area (Å²) in [6, 6.07) is 14.5. The Bertz CT molecular complexity index is 767. The number of carbonyl (C=O) groups excluding carboxylic acids is 2. The number of rotatable bonds is 2. The van der Waals surface area contributed by atoms with Crippen LogP contribution in [-0.4, -0.2) is 24.8 Å². The van der Waals surface area contributed by atoms with Crippen LogP contribution >= 0.6 is 0 Å². The largest absolute Gasteiger partial charge is 0.453 e. The summed E-state index contributed by atoms with van der Waals surface area (Å²) >= 11 is 0. The molecule has 0 spiro atoms. The van der Waals surface area contributed by atoms with Gasteiger partial charge in [-0.25, -0.2) is 9.79 Å². The average Bonchev–Trinajstić information content (AvgIpc) is 2.96. The summed E-state index contributed by atoms with van der Waals surface area (Å²) < 4.78 is 4.55. The summed E-state index contributed by atoms with van der Waals surface area (Å²) in [6.45, 7) is 0. The van der Waals surface area contributed by atoms with Crippen molar-refractivity contribution in [3.05, 3.63) is 65.2 Å². The Balaban J connectivity index is 1.85. The molecule has 5 nitrogen and oxygen atoms in total. The van der Waals surface area contributed by atoms with Crippen LogP contribution in [-0.2, 0) is 11.2 Å². The lowest BCUT2D eigenvalue weighted by Gasteiger charge is -2.03. The van der Waals surface area contributed by atoms with E-state index >= 15 is 0 Å². The third-order valence-electron chi connectivity index (χ3n) is 3.43. The predicted molar refractivity (Wildman–Crippen MR) is 82.7 cm³/mol. The lowest BCUT2D eigenvalue weighted by Crippen LogP contribution is -2.30. The standard InChI is InChI=1S/C17H14N2O3/c1-22-17(21)19-15-10-12-7-8-13(9-14(12)18-15)16(20)11-5-3-2-4-6-11/h2-9H,10H2,1H3,(H,18,19,21). The maximum Gasteiger partial charge on any atom is 0.412 e. The molecule has 0 radical (unpaired) electrons. The normalized spacial score (nSPS) is 12.3. The monoisotopic (exact) mass is 294 g/mol. The van der Waals surface area contributed by atoms with Crippen LogP contribution < -0.4 is 5.32 Å². The lowest BCUT2D eigenvalue weighted by atomic mass is 10.0. The van der Waals surface area contributed by atoms with Crippen LogP contribution in [0.1, 0.15) is 21.5 Å². The Morgan fingerprint density at radius 3 is 2.59 bits per heavy atom. The fourth-order valence-electron chi connectivity index (χ4n) is 2.32. The summed E-state index contributed by atoms with van der Waals surface area (Å²) in [4.78, 5) is 28.0. The van der Waals surface area contributed by atoms with Gasteiger partial charge < -0.3 is 4.74 Å². The van der Waals surface area contributed by atoms with Crippen LogP contribution in [0.5, 0.6) is 0 Å². The van der Waals surface area contributed by atoms with Gasteiger partial charge >= 0.3 is 6.09 Å². The molecule has 0 aromatic heterocycles. The number of nitrogens with one attached hydrogen (secondary N) is 1. The Morgan fingerprint density at radius 1 is 1.09 bits per heavy atom. The summed E-state index contributed by atoms with van der Waals surface area (Å²) in [5.41, 5.74) is 2.88. The molecule has 5 heteroatoms. The van der Waals surface area contributed by atoms with Crippen molar-refractivity contribution >= 4 is 23.4 Å². The molecule has 0 saturated carbocycles. The first kappa shape index (κ1) is 14.0. The molecule has 110 valence electrons. The minimum Gasteiger partial charge on any atom is -0.453 e. The van der Waals surface area contributed by atoms with Crippen molar-refractivity contribution in [2.75, 3.05) is 7.11 Å². The number of amidine groups is 1. The number of carbonyl (C=O) groups is 2. The van der Waals surface area contributed by atoms with Gasteiger partial charge in [-0.3, -0.25) is 10.1 Å². The molecule has 0 saturated heterocycles. The van der Waals surface area contributed by atoms with Gasteiger partial charge in [0.1, 0.15) is 5.84 Å². The number of hydrogen-bond donors (Lipinski definition) is 1. The van der Waals surface area contributed by atoms with E-state index in [9.17, 15) is 9.59 Å². The minimum atomic E-state index is -0.549. The number of alkyl carbamates (subject to hydrolysis) is 1. The molecule has 1 aliphatic rings. The molecule has 22 heavy (non-hydrogen) atoms. The number of aliphatic imine (C=N–C) groups is 1. The zero-order chi connectivity index (χ0) is 15.5. The van der Waals surface area contributed by atoms with Gasteiger partial charge in [0.2, 0.25) is 0 Å². The molecule has 0 aliphatic carbocycles. The molecule has 1 amide bonds. The fraction of sp³-hybridized carbons (Fsp3) is 0.118. The molecule has 1 aliphatic heterocycles. The molecule has 2 aromatic rings. The number of amides is 1. The number of hydrogen-bond acceptors (Lipinski definition) is 4. The number of methoxy groups -OCH3 is 1. The molecular formula is C17H14N2O3. The van der Waals surface area contributed by atoms with Gasteiger partial charge in [-0.1, -0.05) is 42.5 Å². The van der Waals surface area contributed by atoms with Crippen molar-refractivity contribution in [1.82, 2.24) is 5.32 Å². The lowest BCUT2D eigenvalue weighted by molar-refractivity contribution is 0.103. The van der Waals surface area contributed by atoms with Crippen molar-refractivity contribution < 1.29 is 14.3 Å². The second-order valence-electron chi connectivity index (χ2n) is 4.89. The first-order valence-electron chi connectivity index (χ1n) is 6.82. The molecule has 2 aromatic carbocycles. The molecule has 0 bridgehead atoms. The van der Waals surface area contributed by atoms with Crippen molar-refractivity contribution in [1.29, 1.82) is 0 Å². The van der Waals surface area contributed by atoms with E-state index in [4.69, 9.17) is 0 Å². The molecule has 3 rings (SSSR count). The van der Waals surface area contributed by atoms with Crippen molar-refractivity contribution in [3.8, 4) is 0 Å². The van der Waals surface area contributed by atoms with Crippen molar-refractivity contribution in [2.45, 2.75) is 6.42 Å². The Labute approximate surface area is 127 Å². The van der Waals surface area contributed by atoms with E-state index in [1.165, 1.54) is 7.11 Å². The third kappa shape index (κ3) is 2.74. The first-order valence-corrected chi connectivity index (χ1v) is 6.82. The summed E-state index contributed by atoms with van der Waals surface area (Å²) in [5.74, 6) is 0.471.